The fraction of sp³-hybridized carbons (Fsp3) is 0.316. The van der Waals surface area contributed by atoms with Gasteiger partial charge in [-0.05, 0) is 55.5 Å². The number of fused-ring (bicyclic) bond motifs is 1. The summed E-state index contributed by atoms with van der Waals surface area (Å²) in [6.45, 7) is 1.79. The monoisotopic (exact) mass is 330 g/mol. The van der Waals surface area contributed by atoms with E-state index < -0.39 is 17.7 Å². The van der Waals surface area contributed by atoms with Gasteiger partial charge in [0.15, 0.2) is 0 Å². The van der Waals surface area contributed by atoms with Gasteiger partial charge in [-0.3, -0.25) is 4.79 Å². The van der Waals surface area contributed by atoms with Crippen LogP contribution in [0.15, 0.2) is 36.4 Å². The molecule has 2 aromatic rings. The highest BCUT2D eigenvalue weighted by atomic mass is 19.1. The predicted octanol–water partition coefficient (Wildman–Crippen LogP) is 3.74. The van der Waals surface area contributed by atoms with Crippen LogP contribution in [-0.4, -0.2) is 12.5 Å². The molecule has 0 fully saturated rings. The molecule has 0 radical (unpaired) electrons. The normalized spacial score (nSPS) is 14.3. The number of rotatable bonds is 5. The minimum atomic E-state index is -0.617. The van der Waals surface area contributed by atoms with Crippen LogP contribution in [0.2, 0.25) is 0 Å². The number of halogens is 2. The van der Waals surface area contributed by atoms with Crippen LogP contribution in [0.5, 0.6) is 0 Å². The van der Waals surface area contributed by atoms with E-state index in [0.717, 1.165) is 31.0 Å². The lowest BCUT2D eigenvalue weighted by Gasteiger charge is -2.15. The van der Waals surface area contributed by atoms with Gasteiger partial charge in [-0.25, -0.2) is 8.78 Å². The van der Waals surface area contributed by atoms with Crippen molar-refractivity contribution >= 4 is 11.6 Å². The molecule has 0 spiro atoms. The molecule has 0 aromatic heterocycles. The molecule has 0 saturated heterocycles. The van der Waals surface area contributed by atoms with E-state index in [1.54, 1.807) is 6.92 Å². The average molecular weight is 330 g/mol. The maximum Gasteiger partial charge on any atom is 0.238 e. The van der Waals surface area contributed by atoms with Gasteiger partial charge in [0.1, 0.15) is 11.6 Å². The number of anilines is 1. The molecule has 2 N–H and O–H groups in total. The standard InChI is InChI=1S/C19H20F2N2O/c1-12(17-8-6-15(20)10-18(17)21)22-11-19(24)23-16-7-5-13-3-2-4-14(13)9-16/h5-10,12,22H,2-4,11H2,1H3,(H,23,24)/t12-/m0/s1. The first kappa shape index (κ1) is 16.6. The molecule has 3 rings (SSSR count). The minimum Gasteiger partial charge on any atom is -0.325 e. The lowest BCUT2D eigenvalue weighted by molar-refractivity contribution is -0.115. The molecular weight excluding hydrogens is 310 g/mol. The number of carbonyl (C=O) groups is 1. The van der Waals surface area contributed by atoms with Gasteiger partial charge in [-0.1, -0.05) is 12.1 Å². The number of aryl methyl sites for hydroxylation is 2. The van der Waals surface area contributed by atoms with Gasteiger partial charge in [0.25, 0.3) is 0 Å². The molecule has 1 amide bonds. The highest BCUT2D eigenvalue weighted by Crippen LogP contribution is 2.24. The Morgan fingerprint density at radius 2 is 1.92 bits per heavy atom. The second-order valence-electron chi connectivity index (χ2n) is 6.15. The van der Waals surface area contributed by atoms with E-state index in [4.69, 9.17) is 0 Å². The van der Waals surface area contributed by atoms with Gasteiger partial charge >= 0.3 is 0 Å². The number of amides is 1. The van der Waals surface area contributed by atoms with Crippen molar-refractivity contribution in [3.8, 4) is 0 Å². The Bertz CT molecular complexity index is 761. The Kier molecular flexibility index (Phi) is 4.90. The van der Waals surface area contributed by atoms with Crippen molar-refractivity contribution in [2.24, 2.45) is 0 Å². The Hall–Kier alpha value is -2.27. The van der Waals surface area contributed by atoms with Crippen molar-refractivity contribution in [3.63, 3.8) is 0 Å². The van der Waals surface area contributed by atoms with Crippen molar-refractivity contribution in [2.75, 3.05) is 11.9 Å². The Morgan fingerprint density at radius 1 is 1.12 bits per heavy atom. The molecule has 24 heavy (non-hydrogen) atoms. The second kappa shape index (κ2) is 7.09. The molecule has 1 aliphatic carbocycles. The average Bonchev–Trinajstić information content (AvgIpc) is 3.00. The topological polar surface area (TPSA) is 41.1 Å². The number of carbonyl (C=O) groups excluding carboxylic acids is 1. The fourth-order valence-electron chi connectivity index (χ4n) is 3.06. The number of benzene rings is 2. The third kappa shape index (κ3) is 3.79. The smallest absolute Gasteiger partial charge is 0.238 e. The fourth-order valence-corrected chi connectivity index (χ4v) is 3.06. The van der Waals surface area contributed by atoms with E-state index >= 15 is 0 Å². The van der Waals surface area contributed by atoms with Gasteiger partial charge in [0.2, 0.25) is 5.91 Å². The number of hydrogen-bond donors (Lipinski definition) is 2. The zero-order chi connectivity index (χ0) is 17.1. The van der Waals surface area contributed by atoms with E-state index in [0.29, 0.717) is 5.56 Å². The molecule has 1 atom stereocenters. The number of nitrogens with one attached hydrogen (secondary N) is 2. The summed E-state index contributed by atoms with van der Waals surface area (Å²) in [5.41, 5.74) is 3.76. The molecule has 0 heterocycles. The van der Waals surface area contributed by atoms with Gasteiger partial charge in [0, 0.05) is 23.4 Å². The third-order valence-corrected chi connectivity index (χ3v) is 4.38. The van der Waals surface area contributed by atoms with E-state index in [1.807, 2.05) is 12.1 Å². The van der Waals surface area contributed by atoms with Crippen LogP contribution < -0.4 is 10.6 Å². The lowest BCUT2D eigenvalue weighted by atomic mass is 10.1. The molecule has 126 valence electrons. The molecule has 3 nitrogen and oxygen atoms in total. The summed E-state index contributed by atoms with van der Waals surface area (Å²) < 4.78 is 26.7. The van der Waals surface area contributed by atoms with Crippen LogP contribution in [0.3, 0.4) is 0 Å². The van der Waals surface area contributed by atoms with Gasteiger partial charge < -0.3 is 10.6 Å². The second-order valence-corrected chi connectivity index (χ2v) is 6.15. The summed E-state index contributed by atoms with van der Waals surface area (Å²) in [7, 11) is 0. The van der Waals surface area contributed by atoms with Crippen LogP contribution in [-0.2, 0) is 17.6 Å². The lowest BCUT2D eigenvalue weighted by Crippen LogP contribution is -2.30. The van der Waals surface area contributed by atoms with Crippen LogP contribution >= 0.6 is 0 Å². The Balaban J connectivity index is 1.55. The summed E-state index contributed by atoms with van der Waals surface area (Å²) in [4.78, 5) is 12.1. The highest BCUT2D eigenvalue weighted by molar-refractivity contribution is 5.92. The molecule has 0 bridgehead atoms. The van der Waals surface area contributed by atoms with Crippen molar-refractivity contribution in [2.45, 2.75) is 32.2 Å². The molecular formula is C19H20F2N2O. The highest BCUT2D eigenvalue weighted by Gasteiger charge is 2.14. The molecule has 0 saturated carbocycles. The van der Waals surface area contributed by atoms with Crippen molar-refractivity contribution in [3.05, 3.63) is 64.7 Å². The van der Waals surface area contributed by atoms with Crippen molar-refractivity contribution < 1.29 is 13.6 Å². The first-order valence-electron chi connectivity index (χ1n) is 8.13. The zero-order valence-corrected chi connectivity index (χ0v) is 13.5. The van der Waals surface area contributed by atoms with Crippen molar-refractivity contribution in [1.82, 2.24) is 5.32 Å². The predicted molar refractivity (Wildman–Crippen MR) is 89.9 cm³/mol. The Labute approximate surface area is 140 Å². The van der Waals surface area contributed by atoms with Crippen LogP contribution in [0.25, 0.3) is 0 Å². The maximum absolute atomic E-state index is 13.7. The summed E-state index contributed by atoms with van der Waals surface area (Å²) in [6, 6.07) is 9.03. The molecule has 0 aliphatic heterocycles. The first-order valence-corrected chi connectivity index (χ1v) is 8.13. The largest absolute Gasteiger partial charge is 0.325 e. The van der Waals surface area contributed by atoms with E-state index in [-0.39, 0.29) is 12.5 Å². The van der Waals surface area contributed by atoms with Gasteiger partial charge in [0.05, 0.1) is 6.54 Å². The quantitative estimate of drug-likeness (QED) is 0.877. The summed E-state index contributed by atoms with van der Waals surface area (Å²) in [5, 5.41) is 5.80. The van der Waals surface area contributed by atoms with E-state index in [1.165, 1.54) is 23.3 Å². The molecule has 1 aliphatic rings. The van der Waals surface area contributed by atoms with Gasteiger partial charge in [-0.2, -0.15) is 0 Å². The maximum atomic E-state index is 13.7. The summed E-state index contributed by atoms with van der Waals surface area (Å²) >= 11 is 0. The molecule has 2 aromatic carbocycles. The molecule has 0 unspecified atom stereocenters. The van der Waals surface area contributed by atoms with Crippen LogP contribution in [0.4, 0.5) is 14.5 Å². The number of hydrogen-bond acceptors (Lipinski definition) is 2. The van der Waals surface area contributed by atoms with Gasteiger partial charge in [-0.15, -0.1) is 0 Å². The summed E-state index contributed by atoms with van der Waals surface area (Å²) in [6.07, 6.45) is 3.32. The third-order valence-electron chi connectivity index (χ3n) is 4.38. The Morgan fingerprint density at radius 3 is 2.71 bits per heavy atom. The minimum absolute atomic E-state index is 0.0507. The molecule has 5 heteroatoms. The summed E-state index contributed by atoms with van der Waals surface area (Å²) in [5.74, 6) is -1.42. The van der Waals surface area contributed by atoms with Crippen LogP contribution in [0, 0.1) is 11.6 Å². The van der Waals surface area contributed by atoms with Crippen molar-refractivity contribution in [1.29, 1.82) is 0 Å². The zero-order valence-electron chi connectivity index (χ0n) is 13.5. The first-order chi connectivity index (χ1) is 11.5. The SMILES string of the molecule is C[C@H](NCC(=O)Nc1ccc2c(c1)CCC2)c1ccc(F)cc1F. The van der Waals surface area contributed by atoms with E-state index in [9.17, 15) is 13.6 Å². The van der Waals surface area contributed by atoms with E-state index in [2.05, 4.69) is 16.7 Å². The van der Waals surface area contributed by atoms with Crippen LogP contribution in [0.1, 0.15) is 36.1 Å².